The fraction of sp³-hybridized carbons (Fsp3) is 0.222. The molecule has 14 nitrogen and oxygen atoms in total. The van der Waals surface area contributed by atoms with Crippen LogP contribution in [0.5, 0.6) is 0 Å². The van der Waals surface area contributed by atoms with E-state index < -0.39 is 11.9 Å². The molecule has 0 saturated carbocycles. The van der Waals surface area contributed by atoms with Gasteiger partial charge in [-0.25, -0.2) is 19.0 Å². The quantitative estimate of drug-likeness (QED) is 0.147. The molecule has 0 bridgehead atoms. The third-order valence-corrected chi connectivity index (χ3v) is 7.93. The number of fused-ring (bicyclic) bond motifs is 2. The predicted molar refractivity (Wildman–Crippen MR) is 182 cm³/mol. The Morgan fingerprint density at radius 1 is 0.540 bits per heavy atom. The average molecular weight is 679 g/mol. The molecule has 0 aliphatic heterocycles. The van der Waals surface area contributed by atoms with Crippen molar-refractivity contribution >= 4 is 34.8 Å². The van der Waals surface area contributed by atoms with E-state index in [0.717, 1.165) is 24.0 Å². The van der Waals surface area contributed by atoms with E-state index in [2.05, 4.69) is 20.2 Å². The number of nitrogens with zero attached hydrogens (tertiary/aromatic N) is 6. The van der Waals surface area contributed by atoms with Gasteiger partial charge in [-0.1, -0.05) is 60.7 Å². The van der Waals surface area contributed by atoms with Gasteiger partial charge in [-0.05, 0) is 36.8 Å². The summed E-state index contributed by atoms with van der Waals surface area (Å²) in [5.74, 6) is -2.65. The summed E-state index contributed by atoms with van der Waals surface area (Å²) in [4.78, 5) is 54.4. The van der Waals surface area contributed by atoms with Gasteiger partial charge in [0.1, 0.15) is 34.6 Å². The van der Waals surface area contributed by atoms with Crippen molar-refractivity contribution < 1.29 is 30.0 Å². The Morgan fingerprint density at radius 2 is 0.920 bits per heavy atom. The third-order valence-electron chi connectivity index (χ3n) is 7.93. The maximum absolute atomic E-state index is 12.4. The molecule has 4 aromatic heterocycles. The van der Waals surface area contributed by atoms with Crippen molar-refractivity contribution in [1.82, 2.24) is 29.2 Å². The molecular formula is C36H34N6O8. The molecule has 6 rings (SSSR count). The van der Waals surface area contributed by atoms with Gasteiger partial charge < -0.3 is 20.4 Å². The third kappa shape index (κ3) is 8.52. The van der Waals surface area contributed by atoms with Crippen molar-refractivity contribution in [2.75, 3.05) is 0 Å². The fourth-order valence-electron chi connectivity index (χ4n) is 5.47. The number of aliphatic carboxylic acids is 2. The summed E-state index contributed by atoms with van der Waals surface area (Å²) >= 11 is 0. The molecule has 0 unspecified atom stereocenters. The molecule has 256 valence electrons. The highest BCUT2D eigenvalue weighted by atomic mass is 16.4. The summed E-state index contributed by atoms with van der Waals surface area (Å²) in [5, 5.41) is 46.1. The van der Waals surface area contributed by atoms with Gasteiger partial charge in [-0.2, -0.15) is 10.2 Å². The van der Waals surface area contributed by atoms with Gasteiger partial charge >= 0.3 is 11.9 Å². The molecule has 0 radical (unpaired) electrons. The number of aliphatic hydroxyl groups excluding tert-OH is 2. The van der Waals surface area contributed by atoms with E-state index in [0.29, 0.717) is 24.2 Å². The van der Waals surface area contributed by atoms with Gasteiger partial charge in [0.25, 0.3) is 0 Å². The molecule has 6 aromatic rings. The highest BCUT2D eigenvalue weighted by molar-refractivity contribution is 5.69. The Labute approximate surface area is 283 Å². The Bertz CT molecular complexity index is 2190. The number of rotatable bonds is 12. The van der Waals surface area contributed by atoms with Crippen LogP contribution in [0, 0.1) is 0 Å². The topological polar surface area (TPSA) is 210 Å². The molecule has 0 saturated heterocycles. The Kier molecular flexibility index (Phi) is 11.2. The zero-order chi connectivity index (χ0) is 35.6. The van der Waals surface area contributed by atoms with Crippen molar-refractivity contribution in [3.05, 3.63) is 139 Å². The second-order valence-corrected chi connectivity index (χ2v) is 11.4. The Balaban J connectivity index is 0.000000194. The van der Waals surface area contributed by atoms with Gasteiger partial charge in [0.2, 0.25) is 0 Å². The molecule has 0 spiro atoms. The predicted octanol–water partition coefficient (Wildman–Crippen LogP) is 2.25. The van der Waals surface area contributed by atoms with Gasteiger partial charge in [-0.15, -0.1) is 0 Å². The number of carbonyl (C=O) groups is 2. The van der Waals surface area contributed by atoms with E-state index >= 15 is 0 Å². The molecule has 0 aliphatic carbocycles. The number of hydrogen-bond acceptors (Lipinski definition) is 10. The lowest BCUT2D eigenvalue weighted by Crippen LogP contribution is -2.31. The van der Waals surface area contributed by atoms with Crippen molar-refractivity contribution in [3.63, 3.8) is 0 Å². The van der Waals surface area contributed by atoms with Crippen LogP contribution in [0.25, 0.3) is 22.8 Å². The molecule has 4 N–H and O–H groups in total. The number of benzene rings is 2. The molecule has 50 heavy (non-hydrogen) atoms. The molecule has 14 heteroatoms. The van der Waals surface area contributed by atoms with E-state index in [4.69, 9.17) is 10.2 Å². The molecule has 0 aliphatic rings. The molecule has 2 aromatic carbocycles. The Morgan fingerprint density at radius 3 is 1.28 bits per heavy atom. The number of aryl methyl sites for hydroxylation is 4. The number of aliphatic hydroxyl groups is 2. The first-order valence-electron chi connectivity index (χ1n) is 15.8. The van der Waals surface area contributed by atoms with Gasteiger partial charge in [0, 0.05) is 36.4 Å². The normalized spacial score (nSPS) is 12.3. The molecule has 0 fully saturated rings. The lowest BCUT2D eigenvalue weighted by atomic mass is 10.1. The van der Waals surface area contributed by atoms with E-state index in [-0.39, 0.29) is 69.8 Å². The van der Waals surface area contributed by atoms with Crippen LogP contribution < -0.4 is 21.3 Å². The number of hydrogen-bond donors (Lipinski definition) is 4. The summed E-state index contributed by atoms with van der Waals surface area (Å²) in [6.45, 7) is 0. The molecule has 0 amide bonds. The fourth-order valence-corrected chi connectivity index (χ4v) is 5.47. The van der Waals surface area contributed by atoms with Crippen molar-refractivity contribution in [1.29, 1.82) is 0 Å². The van der Waals surface area contributed by atoms with Crippen LogP contribution in [0.1, 0.15) is 48.2 Å². The van der Waals surface area contributed by atoms with Crippen LogP contribution in [0.2, 0.25) is 0 Å². The van der Waals surface area contributed by atoms with E-state index in [9.17, 15) is 29.4 Å². The maximum atomic E-state index is 12.4. The second-order valence-electron chi connectivity index (χ2n) is 11.4. The standard InChI is InChI=1S/2C18H17N3O4/c2*22-14(8-9-16(24)25)17-15(23)10-13(21-18(17)19-11-20-21)7-6-12-4-2-1-3-5-12/h2*1-5,10-11,22H,6-9H2,(H,24,25). The summed E-state index contributed by atoms with van der Waals surface area (Å²) < 4.78 is 3.05. The minimum atomic E-state index is -1.05. The van der Waals surface area contributed by atoms with E-state index in [1.165, 1.54) is 33.8 Å². The number of aromatic nitrogens is 6. The van der Waals surface area contributed by atoms with Gasteiger partial charge in [0.05, 0.1) is 12.8 Å². The first kappa shape index (κ1) is 34.9. The summed E-state index contributed by atoms with van der Waals surface area (Å²) in [7, 11) is 0. The van der Waals surface area contributed by atoms with Crippen LogP contribution in [-0.4, -0.2) is 61.6 Å². The number of carboxylic acid groups (broad SMARTS) is 2. The average Bonchev–Trinajstić information content (AvgIpc) is 3.80. The first-order chi connectivity index (χ1) is 24.1. The van der Waals surface area contributed by atoms with Crippen LogP contribution in [0.3, 0.4) is 0 Å². The zero-order valence-corrected chi connectivity index (χ0v) is 26.8. The first-order valence-corrected chi connectivity index (χ1v) is 15.8. The van der Waals surface area contributed by atoms with Crippen molar-refractivity contribution in [2.45, 2.75) is 51.4 Å². The smallest absolute Gasteiger partial charge is 0.303 e. The molecule has 0 atom stereocenters. The monoisotopic (exact) mass is 678 g/mol. The van der Waals surface area contributed by atoms with E-state index in [1.54, 1.807) is 0 Å². The van der Waals surface area contributed by atoms with Crippen LogP contribution in [0.15, 0.2) is 95.0 Å². The zero-order valence-electron chi connectivity index (χ0n) is 26.8. The maximum Gasteiger partial charge on any atom is 0.303 e. The molecule has 4 heterocycles. The largest absolute Gasteiger partial charge is 0.511 e. The highest BCUT2D eigenvalue weighted by Gasteiger charge is 2.14. The van der Waals surface area contributed by atoms with Crippen molar-refractivity contribution in [2.24, 2.45) is 0 Å². The van der Waals surface area contributed by atoms with Gasteiger partial charge in [-0.3, -0.25) is 19.2 Å². The summed E-state index contributed by atoms with van der Waals surface area (Å²) in [6.07, 6.45) is 4.51. The highest BCUT2D eigenvalue weighted by Crippen LogP contribution is 2.09. The van der Waals surface area contributed by atoms with Crippen LogP contribution in [-0.2, 0) is 35.3 Å². The summed E-state index contributed by atoms with van der Waals surface area (Å²) in [6, 6.07) is 22.6. The lowest BCUT2D eigenvalue weighted by molar-refractivity contribution is -0.137. The number of pyridine rings is 2. The minimum Gasteiger partial charge on any atom is -0.511 e. The van der Waals surface area contributed by atoms with Gasteiger partial charge in [0.15, 0.2) is 22.2 Å². The second kappa shape index (κ2) is 16.1. The van der Waals surface area contributed by atoms with E-state index in [1.807, 2.05) is 60.7 Å². The molecular weight excluding hydrogens is 644 g/mol. The minimum absolute atomic E-state index is 0.0159. The SMILES string of the molecule is O=C(O)CCC(O)=c1c(=O)cc(CCc2ccccc2)n2ncnc12.O=C(O)CCC(O)=c1c(=O)cc(CCc2ccccc2)n2ncnc12. The number of carboxylic acids is 2. The summed E-state index contributed by atoms with van der Waals surface area (Å²) in [5.41, 5.74) is 3.40. The van der Waals surface area contributed by atoms with Crippen molar-refractivity contribution in [3.8, 4) is 0 Å². The van der Waals surface area contributed by atoms with Crippen LogP contribution >= 0.6 is 0 Å². The Hall–Kier alpha value is -6.44. The lowest BCUT2D eigenvalue weighted by Gasteiger charge is -2.05. The van der Waals surface area contributed by atoms with Crippen LogP contribution in [0.4, 0.5) is 0 Å².